The second-order valence-electron chi connectivity index (χ2n) is 3.62. The van der Waals surface area contributed by atoms with Gasteiger partial charge in [-0.15, -0.1) is 0 Å². The van der Waals surface area contributed by atoms with Gasteiger partial charge in [-0.05, 0) is 30.3 Å². The molecule has 86 valence electrons. The van der Waals surface area contributed by atoms with Gasteiger partial charge in [-0.2, -0.15) is 0 Å². The second kappa shape index (κ2) is 5.12. The fourth-order valence-corrected chi connectivity index (χ4v) is 1.56. The number of amides is 1. The van der Waals surface area contributed by atoms with Gasteiger partial charge in [-0.1, -0.05) is 6.07 Å². The topological polar surface area (TPSA) is 60.9 Å². The highest BCUT2D eigenvalue weighted by atomic mass is 16.1. The number of aromatic nitrogens is 2. The summed E-state index contributed by atoms with van der Waals surface area (Å²) in [5.74, 6) is -0.449. The average Bonchev–Trinajstić information content (AvgIpc) is 2.75. The molecule has 0 bridgehead atoms. The molecule has 2 rings (SSSR count). The van der Waals surface area contributed by atoms with Crippen molar-refractivity contribution in [2.45, 2.75) is 6.54 Å². The van der Waals surface area contributed by atoms with Crippen LogP contribution in [0.25, 0.3) is 6.08 Å². The van der Waals surface area contributed by atoms with E-state index in [1.165, 1.54) is 6.08 Å². The van der Waals surface area contributed by atoms with Crippen molar-refractivity contribution in [2.75, 3.05) is 0 Å². The number of hydrogen-bond donors (Lipinski definition) is 1. The minimum Gasteiger partial charge on any atom is -0.366 e. The number of hydrogen-bond acceptors (Lipinski definition) is 2. The fourth-order valence-electron chi connectivity index (χ4n) is 1.56. The highest BCUT2D eigenvalue weighted by molar-refractivity contribution is 5.90. The van der Waals surface area contributed by atoms with Gasteiger partial charge in [0.15, 0.2) is 0 Å². The van der Waals surface area contributed by atoms with Gasteiger partial charge < -0.3 is 10.3 Å². The van der Waals surface area contributed by atoms with Crippen LogP contribution in [0.3, 0.4) is 0 Å². The zero-order valence-corrected chi connectivity index (χ0v) is 9.28. The van der Waals surface area contributed by atoms with E-state index in [0.29, 0.717) is 6.54 Å². The Hall–Kier alpha value is -2.36. The zero-order chi connectivity index (χ0) is 12.1. The number of nitrogens with two attached hydrogens (primary N) is 1. The molecule has 0 aliphatic rings. The van der Waals surface area contributed by atoms with Crippen molar-refractivity contribution in [3.8, 4) is 0 Å². The van der Waals surface area contributed by atoms with E-state index in [9.17, 15) is 4.79 Å². The number of nitrogens with zero attached hydrogens (tertiary/aromatic N) is 2. The highest BCUT2D eigenvalue weighted by Crippen LogP contribution is 2.07. The Balaban J connectivity index is 2.17. The number of rotatable bonds is 4. The van der Waals surface area contributed by atoms with Crippen LogP contribution in [0, 0.1) is 0 Å². The molecule has 0 aliphatic carbocycles. The van der Waals surface area contributed by atoms with Crippen molar-refractivity contribution < 1.29 is 4.79 Å². The van der Waals surface area contributed by atoms with Crippen molar-refractivity contribution in [3.63, 3.8) is 0 Å². The first-order valence-electron chi connectivity index (χ1n) is 5.28. The van der Waals surface area contributed by atoms with Crippen LogP contribution < -0.4 is 5.73 Å². The Morgan fingerprint density at radius 3 is 2.94 bits per heavy atom. The smallest absolute Gasteiger partial charge is 0.241 e. The van der Waals surface area contributed by atoms with Crippen LogP contribution in [0.1, 0.15) is 11.4 Å². The van der Waals surface area contributed by atoms with Gasteiger partial charge >= 0.3 is 0 Å². The summed E-state index contributed by atoms with van der Waals surface area (Å²) >= 11 is 0. The minimum atomic E-state index is -0.449. The van der Waals surface area contributed by atoms with Crippen molar-refractivity contribution in [2.24, 2.45) is 5.73 Å². The molecule has 2 aromatic rings. The first-order chi connectivity index (χ1) is 8.25. The lowest BCUT2D eigenvalue weighted by atomic mass is 10.3. The summed E-state index contributed by atoms with van der Waals surface area (Å²) in [6, 6.07) is 9.63. The van der Waals surface area contributed by atoms with Crippen LogP contribution >= 0.6 is 0 Å². The predicted molar refractivity (Wildman–Crippen MR) is 66.0 cm³/mol. The van der Waals surface area contributed by atoms with Crippen LogP contribution in [0.15, 0.2) is 48.8 Å². The molecular formula is C13H13N3O. The normalized spacial score (nSPS) is 10.8. The monoisotopic (exact) mass is 227 g/mol. The van der Waals surface area contributed by atoms with E-state index >= 15 is 0 Å². The molecule has 0 unspecified atom stereocenters. The third-order valence-electron chi connectivity index (χ3n) is 2.34. The Morgan fingerprint density at radius 2 is 2.24 bits per heavy atom. The molecule has 0 spiro atoms. The molecule has 0 radical (unpaired) electrons. The van der Waals surface area contributed by atoms with E-state index in [1.54, 1.807) is 12.3 Å². The molecular weight excluding hydrogens is 214 g/mol. The van der Waals surface area contributed by atoms with Crippen LogP contribution in [0.4, 0.5) is 0 Å². The van der Waals surface area contributed by atoms with Crippen molar-refractivity contribution >= 4 is 12.0 Å². The predicted octanol–water partition coefficient (Wildman–Crippen LogP) is 1.43. The molecule has 2 heterocycles. The maximum Gasteiger partial charge on any atom is 0.241 e. The first kappa shape index (κ1) is 11.1. The Labute approximate surface area is 99.4 Å². The van der Waals surface area contributed by atoms with Gasteiger partial charge in [0, 0.05) is 24.2 Å². The number of carbonyl (C=O) groups is 1. The fraction of sp³-hybridized carbons (Fsp3) is 0.0769. The Morgan fingerprint density at radius 1 is 1.35 bits per heavy atom. The van der Waals surface area contributed by atoms with Crippen LogP contribution in [0.5, 0.6) is 0 Å². The van der Waals surface area contributed by atoms with Crippen molar-refractivity contribution in [1.29, 1.82) is 0 Å². The maximum atomic E-state index is 10.7. The van der Waals surface area contributed by atoms with Gasteiger partial charge in [0.05, 0.1) is 12.2 Å². The molecule has 2 aromatic heterocycles. The number of pyridine rings is 1. The van der Waals surface area contributed by atoms with E-state index in [1.807, 2.05) is 41.1 Å². The van der Waals surface area contributed by atoms with Crippen molar-refractivity contribution in [1.82, 2.24) is 9.55 Å². The van der Waals surface area contributed by atoms with Gasteiger partial charge in [-0.3, -0.25) is 9.78 Å². The second-order valence-corrected chi connectivity index (χ2v) is 3.62. The quantitative estimate of drug-likeness (QED) is 0.803. The van der Waals surface area contributed by atoms with Crippen LogP contribution in [0.2, 0.25) is 0 Å². The summed E-state index contributed by atoms with van der Waals surface area (Å²) in [5.41, 5.74) is 6.96. The lowest BCUT2D eigenvalue weighted by Gasteiger charge is -2.05. The summed E-state index contributed by atoms with van der Waals surface area (Å²) in [6.07, 6.45) is 6.75. The molecule has 4 nitrogen and oxygen atoms in total. The molecule has 0 aromatic carbocycles. The summed E-state index contributed by atoms with van der Waals surface area (Å²) in [6.45, 7) is 0.673. The lowest BCUT2D eigenvalue weighted by Crippen LogP contribution is -2.06. The van der Waals surface area contributed by atoms with E-state index in [4.69, 9.17) is 5.73 Å². The molecule has 0 fully saturated rings. The lowest BCUT2D eigenvalue weighted by molar-refractivity contribution is -0.113. The maximum absolute atomic E-state index is 10.7. The van der Waals surface area contributed by atoms with Gasteiger partial charge in [0.1, 0.15) is 0 Å². The molecule has 0 aliphatic heterocycles. The summed E-state index contributed by atoms with van der Waals surface area (Å²) in [4.78, 5) is 14.9. The molecule has 0 saturated carbocycles. The summed E-state index contributed by atoms with van der Waals surface area (Å²) < 4.78 is 2.00. The largest absolute Gasteiger partial charge is 0.366 e. The molecule has 0 atom stereocenters. The standard InChI is InChI=1S/C13H13N3O/c14-13(17)7-6-12-5-3-9-16(12)10-11-4-1-2-8-15-11/h1-9H,10H2,(H2,14,17)/b7-6-. The zero-order valence-electron chi connectivity index (χ0n) is 9.28. The SMILES string of the molecule is NC(=O)/C=C\c1cccn1Cc1ccccn1. The first-order valence-corrected chi connectivity index (χ1v) is 5.28. The van der Waals surface area contributed by atoms with Gasteiger partial charge in [-0.25, -0.2) is 0 Å². The van der Waals surface area contributed by atoms with E-state index in [2.05, 4.69) is 4.98 Å². The minimum absolute atomic E-state index is 0.449. The van der Waals surface area contributed by atoms with Crippen LogP contribution in [-0.2, 0) is 11.3 Å². The van der Waals surface area contributed by atoms with E-state index in [-0.39, 0.29) is 0 Å². The Bertz CT molecular complexity index is 529. The average molecular weight is 227 g/mol. The third-order valence-corrected chi connectivity index (χ3v) is 2.34. The van der Waals surface area contributed by atoms with Gasteiger partial charge in [0.2, 0.25) is 5.91 Å². The molecule has 4 heteroatoms. The third kappa shape index (κ3) is 3.04. The molecule has 0 saturated heterocycles. The van der Waals surface area contributed by atoms with Crippen LogP contribution in [-0.4, -0.2) is 15.5 Å². The van der Waals surface area contributed by atoms with E-state index < -0.39 is 5.91 Å². The summed E-state index contributed by atoms with van der Waals surface area (Å²) in [7, 11) is 0. The van der Waals surface area contributed by atoms with Gasteiger partial charge in [0.25, 0.3) is 0 Å². The molecule has 17 heavy (non-hydrogen) atoms. The number of carbonyl (C=O) groups excluding carboxylic acids is 1. The molecule has 1 amide bonds. The Kier molecular flexibility index (Phi) is 3.35. The summed E-state index contributed by atoms with van der Waals surface area (Å²) in [5, 5.41) is 0. The number of primary amides is 1. The van der Waals surface area contributed by atoms with Crippen molar-refractivity contribution in [3.05, 3.63) is 60.2 Å². The van der Waals surface area contributed by atoms with E-state index in [0.717, 1.165) is 11.4 Å². The molecule has 2 N–H and O–H groups in total. The highest BCUT2D eigenvalue weighted by Gasteiger charge is 1.99.